The van der Waals surface area contributed by atoms with Gasteiger partial charge in [0.2, 0.25) is 0 Å². The van der Waals surface area contributed by atoms with E-state index in [9.17, 15) is 4.79 Å². The fourth-order valence-electron chi connectivity index (χ4n) is 3.27. The largest absolute Gasteiger partial charge is 0.451 e. The normalized spacial score (nSPS) is 17.3. The average Bonchev–Trinajstić information content (AvgIpc) is 2.97. The minimum Gasteiger partial charge on any atom is -0.451 e. The number of fused-ring (bicyclic) bond motifs is 1. The van der Waals surface area contributed by atoms with Gasteiger partial charge in [0, 0.05) is 24.5 Å². The van der Waals surface area contributed by atoms with Crippen molar-refractivity contribution in [3.63, 3.8) is 0 Å². The number of amides is 1. The van der Waals surface area contributed by atoms with E-state index < -0.39 is 0 Å². The third-order valence-corrected chi connectivity index (χ3v) is 4.63. The van der Waals surface area contributed by atoms with Crippen LogP contribution in [-0.2, 0) is 4.74 Å². The number of furan rings is 1. The van der Waals surface area contributed by atoms with Gasteiger partial charge < -0.3 is 19.8 Å². The summed E-state index contributed by atoms with van der Waals surface area (Å²) in [6, 6.07) is 7.72. The number of methoxy groups -OCH3 is 1. The molecule has 3 rings (SSSR count). The van der Waals surface area contributed by atoms with E-state index in [1.54, 1.807) is 7.11 Å². The lowest BCUT2D eigenvalue weighted by molar-refractivity contribution is 0.0506. The number of carbonyl (C=O) groups is 1. The van der Waals surface area contributed by atoms with E-state index in [4.69, 9.17) is 9.15 Å². The van der Waals surface area contributed by atoms with Crippen molar-refractivity contribution in [3.05, 3.63) is 35.6 Å². The second-order valence-corrected chi connectivity index (χ2v) is 6.52. The van der Waals surface area contributed by atoms with Crippen molar-refractivity contribution in [1.29, 1.82) is 0 Å². The molecule has 0 saturated carbocycles. The van der Waals surface area contributed by atoms with Crippen LogP contribution in [0.4, 0.5) is 0 Å². The highest BCUT2D eigenvalue weighted by atomic mass is 16.5. The van der Waals surface area contributed by atoms with Gasteiger partial charge in [0.05, 0.1) is 6.61 Å². The Bertz CT molecular complexity index is 681. The maximum atomic E-state index is 12.4. The van der Waals surface area contributed by atoms with Crippen LogP contribution in [0.25, 0.3) is 11.0 Å². The summed E-state index contributed by atoms with van der Waals surface area (Å²) in [5.74, 6) is 0.208. The van der Waals surface area contributed by atoms with Crippen LogP contribution < -0.4 is 10.6 Å². The second kappa shape index (κ2) is 6.72. The van der Waals surface area contributed by atoms with Gasteiger partial charge in [-0.1, -0.05) is 11.6 Å². The molecule has 2 N–H and O–H groups in total. The molecule has 1 saturated heterocycles. The van der Waals surface area contributed by atoms with Gasteiger partial charge in [-0.25, -0.2) is 0 Å². The van der Waals surface area contributed by atoms with E-state index in [0.29, 0.717) is 18.9 Å². The van der Waals surface area contributed by atoms with E-state index >= 15 is 0 Å². The minimum absolute atomic E-state index is 0.0122. The molecule has 1 aromatic carbocycles. The van der Waals surface area contributed by atoms with Crippen molar-refractivity contribution < 1.29 is 13.9 Å². The minimum atomic E-state index is -0.159. The fraction of sp³-hybridized carbons (Fsp3) is 0.500. The van der Waals surface area contributed by atoms with Gasteiger partial charge in [0.15, 0.2) is 5.76 Å². The number of carbonyl (C=O) groups excluding carboxylic acids is 1. The van der Waals surface area contributed by atoms with E-state index in [0.717, 1.165) is 42.5 Å². The quantitative estimate of drug-likeness (QED) is 0.889. The first-order valence-corrected chi connectivity index (χ1v) is 8.10. The van der Waals surface area contributed by atoms with Crippen LogP contribution in [0.2, 0.25) is 0 Å². The van der Waals surface area contributed by atoms with Crippen molar-refractivity contribution in [1.82, 2.24) is 10.6 Å². The molecule has 1 aromatic heterocycles. The van der Waals surface area contributed by atoms with Crippen LogP contribution in [0.3, 0.4) is 0 Å². The van der Waals surface area contributed by atoms with E-state index in [1.807, 2.05) is 31.2 Å². The van der Waals surface area contributed by atoms with Crippen molar-refractivity contribution in [2.45, 2.75) is 19.8 Å². The van der Waals surface area contributed by atoms with E-state index in [2.05, 4.69) is 10.6 Å². The van der Waals surface area contributed by atoms with Gasteiger partial charge in [0.25, 0.3) is 5.91 Å². The highest BCUT2D eigenvalue weighted by Crippen LogP contribution is 2.28. The Hall–Kier alpha value is -1.85. The highest BCUT2D eigenvalue weighted by molar-refractivity contribution is 5.96. The molecule has 0 bridgehead atoms. The molecule has 0 atom stereocenters. The number of benzene rings is 1. The predicted octanol–water partition coefficient (Wildman–Crippen LogP) is 2.49. The van der Waals surface area contributed by atoms with Crippen molar-refractivity contribution in [2.75, 3.05) is 33.4 Å². The summed E-state index contributed by atoms with van der Waals surface area (Å²) < 4.78 is 11.0. The molecule has 2 aromatic rings. The molecule has 0 aliphatic carbocycles. The Labute approximate surface area is 136 Å². The zero-order valence-electron chi connectivity index (χ0n) is 13.8. The smallest absolute Gasteiger partial charge is 0.287 e. The van der Waals surface area contributed by atoms with Gasteiger partial charge in [-0.2, -0.15) is 0 Å². The first-order valence-electron chi connectivity index (χ1n) is 8.10. The lowest BCUT2D eigenvalue weighted by Crippen LogP contribution is -2.47. The summed E-state index contributed by atoms with van der Waals surface area (Å²) in [6.07, 6.45) is 2.00. The molecule has 0 unspecified atom stereocenters. The monoisotopic (exact) mass is 316 g/mol. The number of nitrogens with one attached hydrogen (secondary N) is 2. The molecule has 1 aliphatic rings. The van der Waals surface area contributed by atoms with Gasteiger partial charge in [-0.15, -0.1) is 0 Å². The summed E-state index contributed by atoms with van der Waals surface area (Å²) in [5.41, 5.74) is 1.91. The standard InChI is InChI=1S/C18H24N2O3/c1-13-3-4-15-14(9-13)10-16(23-15)17(21)20-11-18(12-22-2)5-7-19-8-6-18/h3-4,9-10,19H,5-8,11-12H2,1-2H3,(H,20,21). The van der Waals surface area contributed by atoms with E-state index in [1.165, 1.54) is 0 Å². The number of rotatable bonds is 5. The maximum Gasteiger partial charge on any atom is 0.287 e. The van der Waals surface area contributed by atoms with Crippen LogP contribution >= 0.6 is 0 Å². The summed E-state index contributed by atoms with van der Waals surface area (Å²) in [4.78, 5) is 12.4. The Morgan fingerprint density at radius 1 is 1.35 bits per heavy atom. The first-order chi connectivity index (χ1) is 11.1. The molecule has 0 spiro atoms. The zero-order valence-corrected chi connectivity index (χ0v) is 13.8. The number of ether oxygens (including phenoxy) is 1. The molecular formula is C18H24N2O3. The Morgan fingerprint density at radius 2 is 2.13 bits per heavy atom. The molecular weight excluding hydrogens is 292 g/mol. The summed E-state index contributed by atoms with van der Waals surface area (Å²) in [7, 11) is 1.72. The molecule has 1 amide bonds. The number of aryl methyl sites for hydroxylation is 1. The third-order valence-electron chi connectivity index (χ3n) is 4.63. The Morgan fingerprint density at radius 3 is 2.87 bits per heavy atom. The molecule has 5 heteroatoms. The number of hydrogen-bond donors (Lipinski definition) is 2. The van der Waals surface area contributed by atoms with Gasteiger partial charge in [-0.3, -0.25) is 4.79 Å². The topological polar surface area (TPSA) is 63.5 Å². The molecule has 0 radical (unpaired) electrons. The third kappa shape index (κ3) is 3.57. The predicted molar refractivity (Wildman–Crippen MR) is 89.7 cm³/mol. The number of piperidine rings is 1. The molecule has 5 nitrogen and oxygen atoms in total. The SMILES string of the molecule is COCC1(CNC(=O)c2cc3cc(C)ccc3o2)CCNCC1. The molecule has 1 aliphatic heterocycles. The van der Waals surface area contributed by atoms with Crippen LogP contribution in [0.1, 0.15) is 29.0 Å². The summed E-state index contributed by atoms with van der Waals surface area (Å²) >= 11 is 0. The summed E-state index contributed by atoms with van der Waals surface area (Å²) in [6.45, 7) is 5.22. The van der Waals surface area contributed by atoms with Crippen LogP contribution in [0, 0.1) is 12.3 Å². The average molecular weight is 316 g/mol. The van der Waals surface area contributed by atoms with Gasteiger partial charge in [-0.05, 0) is 51.1 Å². The van der Waals surface area contributed by atoms with Crippen molar-refractivity contribution in [2.24, 2.45) is 5.41 Å². The van der Waals surface area contributed by atoms with Gasteiger partial charge in [0.1, 0.15) is 5.58 Å². The molecule has 1 fully saturated rings. The lowest BCUT2D eigenvalue weighted by atomic mass is 9.79. The fourth-order valence-corrected chi connectivity index (χ4v) is 3.27. The summed E-state index contributed by atoms with van der Waals surface area (Å²) in [5, 5.41) is 7.34. The Balaban J connectivity index is 1.69. The molecule has 124 valence electrons. The van der Waals surface area contributed by atoms with Crippen molar-refractivity contribution in [3.8, 4) is 0 Å². The zero-order chi connectivity index (χ0) is 16.3. The van der Waals surface area contributed by atoms with E-state index in [-0.39, 0.29) is 11.3 Å². The van der Waals surface area contributed by atoms with Crippen LogP contribution in [-0.4, -0.2) is 39.3 Å². The number of hydrogen-bond acceptors (Lipinski definition) is 4. The van der Waals surface area contributed by atoms with Crippen LogP contribution in [0.5, 0.6) is 0 Å². The lowest BCUT2D eigenvalue weighted by Gasteiger charge is -2.37. The van der Waals surface area contributed by atoms with Crippen LogP contribution in [0.15, 0.2) is 28.7 Å². The Kier molecular flexibility index (Phi) is 4.68. The maximum absolute atomic E-state index is 12.4. The van der Waals surface area contributed by atoms with Crippen molar-refractivity contribution >= 4 is 16.9 Å². The highest BCUT2D eigenvalue weighted by Gasteiger charge is 2.32. The van der Waals surface area contributed by atoms with Gasteiger partial charge >= 0.3 is 0 Å². The molecule has 2 heterocycles. The first kappa shape index (κ1) is 16.0. The molecule has 23 heavy (non-hydrogen) atoms. The second-order valence-electron chi connectivity index (χ2n) is 6.52.